The summed E-state index contributed by atoms with van der Waals surface area (Å²) in [6.07, 6.45) is 11.6. The Balaban J connectivity index is 1.82. The molecule has 0 aliphatic carbocycles. The summed E-state index contributed by atoms with van der Waals surface area (Å²) in [5.41, 5.74) is 7.44. The van der Waals surface area contributed by atoms with Gasteiger partial charge in [0.25, 0.3) is 0 Å². The summed E-state index contributed by atoms with van der Waals surface area (Å²) in [5.74, 6) is 0. The summed E-state index contributed by atoms with van der Waals surface area (Å²) in [7, 11) is 2.30. The molecule has 3 atom stereocenters. The molecule has 2 fully saturated rings. The molecule has 106 valence electrons. The van der Waals surface area contributed by atoms with Gasteiger partial charge in [0.15, 0.2) is 0 Å². The molecule has 2 saturated heterocycles. The second-order valence-electron chi connectivity index (χ2n) is 6.27. The Morgan fingerprint density at radius 1 is 1.32 bits per heavy atom. The third kappa shape index (κ3) is 2.32. The quantitative estimate of drug-likeness (QED) is 0.910. The monoisotopic (exact) mass is 262 g/mol. The number of hydrogen-bond donors (Lipinski definition) is 1. The van der Waals surface area contributed by atoms with E-state index in [1.54, 1.807) is 0 Å². The zero-order valence-corrected chi connectivity index (χ0v) is 12.1. The van der Waals surface area contributed by atoms with Crippen LogP contribution >= 0.6 is 0 Å². The lowest BCUT2D eigenvalue weighted by Gasteiger charge is -2.47. The van der Waals surface area contributed by atoms with Crippen LogP contribution in [0.5, 0.6) is 0 Å². The van der Waals surface area contributed by atoms with Crippen molar-refractivity contribution in [3.05, 3.63) is 18.2 Å². The zero-order valence-electron chi connectivity index (χ0n) is 12.1. The Morgan fingerprint density at radius 3 is 2.63 bits per heavy atom. The van der Waals surface area contributed by atoms with Crippen molar-refractivity contribution in [3.63, 3.8) is 0 Å². The van der Waals surface area contributed by atoms with Crippen LogP contribution in [-0.2, 0) is 0 Å². The van der Waals surface area contributed by atoms with Crippen molar-refractivity contribution in [2.45, 2.75) is 69.6 Å². The third-order valence-electron chi connectivity index (χ3n) is 5.22. The second kappa shape index (κ2) is 5.25. The van der Waals surface area contributed by atoms with Gasteiger partial charge in [0.1, 0.15) is 0 Å². The fourth-order valence-corrected chi connectivity index (χ4v) is 3.93. The summed E-state index contributed by atoms with van der Waals surface area (Å²) >= 11 is 0. The predicted octanol–water partition coefficient (Wildman–Crippen LogP) is 2.48. The minimum absolute atomic E-state index is 0.127. The first kappa shape index (κ1) is 13.1. The van der Waals surface area contributed by atoms with Gasteiger partial charge in [-0.3, -0.25) is 0 Å². The summed E-state index contributed by atoms with van der Waals surface area (Å²) in [6.45, 7) is 2.14. The van der Waals surface area contributed by atoms with Gasteiger partial charge in [0.05, 0.1) is 12.0 Å². The van der Waals surface area contributed by atoms with Gasteiger partial charge in [-0.25, -0.2) is 4.98 Å². The molecule has 3 rings (SSSR count). The summed E-state index contributed by atoms with van der Waals surface area (Å²) in [4.78, 5) is 6.96. The largest absolute Gasteiger partial charge is 0.330 e. The molecule has 0 spiro atoms. The molecular weight excluding hydrogens is 236 g/mol. The Kier molecular flexibility index (Phi) is 3.63. The maximum absolute atomic E-state index is 6.22. The third-order valence-corrected chi connectivity index (χ3v) is 5.22. The van der Waals surface area contributed by atoms with Gasteiger partial charge < -0.3 is 15.2 Å². The van der Waals surface area contributed by atoms with Gasteiger partial charge in [-0.15, -0.1) is 0 Å². The van der Waals surface area contributed by atoms with Crippen LogP contribution in [0.4, 0.5) is 0 Å². The molecule has 19 heavy (non-hydrogen) atoms. The molecule has 0 amide bonds. The van der Waals surface area contributed by atoms with E-state index in [0.29, 0.717) is 6.04 Å². The Morgan fingerprint density at radius 2 is 2.00 bits per heavy atom. The smallest absolute Gasteiger partial charge is 0.0951 e. The van der Waals surface area contributed by atoms with Crippen LogP contribution in [0.3, 0.4) is 0 Å². The Bertz CT molecular complexity index is 414. The Hall–Kier alpha value is -0.870. The standard InChI is InChI=1S/C15H26N4/c1-3-14(16)15-9-17-10-19(15)13-7-11-5-4-6-12(8-13)18(11)2/h9-14H,3-8,16H2,1-2H3/t11?,12?,13?,14-/m1/s1. The van der Waals surface area contributed by atoms with Crippen molar-refractivity contribution in [3.8, 4) is 0 Å². The number of hydrogen-bond acceptors (Lipinski definition) is 3. The van der Waals surface area contributed by atoms with E-state index >= 15 is 0 Å². The van der Waals surface area contributed by atoms with Crippen LogP contribution in [-0.4, -0.2) is 33.6 Å². The van der Waals surface area contributed by atoms with Crippen LogP contribution in [0.25, 0.3) is 0 Å². The van der Waals surface area contributed by atoms with Crippen molar-refractivity contribution in [2.24, 2.45) is 5.73 Å². The molecule has 1 aromatic heterocycles. The van der Waals surface area contributed by atoms with Gasteiger partial charge in [0.2, 0.25) is 0 Å². The number of piperidine rings is 2. The number of imidazole rings is 1. The first-order chi connectivity index (χ1) is 9.20. The molecule has 2 N–H and O–H groups in total. The van der Waals surface area contributed by atoms with Crippen LogP contribution in [0.1, 0.15) is 63.2 Å². The first-order valence-corrected chi connectivity index (χ1v) is 7.70. The average molecular weight is 262 g/mol. The molecule has 0 aromatic carbocycles. The highest BCUT2D eigenvalue weighted by molar-refractivity contribution is 5.07. The summed E-state index contributed by atoms with van der Waals surface area (Å²) in [5, 5.41) is 0. The van der Waals surface area contributed by atoms with Crippen molar-refractivity contribution in [2.75, 3.05) is 7.05 Å². The molecule has 0 saturated carbocycles. The van der Waals surface area contributed by atoms with Gasteiger partial charge in [0, 0.05) is 30.4 Å². The SMILES string of the molecule is CC[C@@H](N)c1cncn1C1CC2CCCC(C1)N2C. The second-order valence-corrected chi connectivity index (χ2v) is 6.27. The molecule has 2 aliphatic rings. The molecule has 3 heterocycles. The molecule has 4 nitrogen and oxygen atoms in total. The lowest BCUT2D eigenvalue weighted by atomic mass is 9.82. The van der Waals surface area contributed by atoms with Crippen LogP contribution in [0, 0.1) is 0 Å². The van der Waals surface area contributed by atoms with Gasteiger partial charge in [-0.05, 0) is 39.2 Å². The molecule has 2 bridgehead atoms. The number of nitrogens with zero attached hydrogens (tertiary/aromatic N) is 3. The Labute approximate surface area is 116 Å². The van der Waals surface area contributed by atoms with Gasteiger partial charge in [-0.2, -0.15) is 0 Å². The van der Waals surface area contributed by atoms with E-state index in [4.69, 9.17) is 5.73 Å². The maximum Gasteiger partial charge on any atom is 0.0951 e. The lowest BCUT2D eigenvalue weighted by Crippen LogP contribution is -2.50. The van der Waals surface area contributed by atoms with E-state index in [9.17, 15) is 0 Å². The van der Waals surface area contributed by atoms with Crippen molar-refractivity contribution >= 4 is 0 Å². The fourth-order valence-electron chi connectivity index (χ4n) is 3.93. The number of fused-ring (bicyclic) bond motifs is 2. The highest BCUT2D eigenvalue weighted by atomic mass is 15.2. The fraction of sp³-hybridized carbons (Fsp3) is 0.800. The first-order valence-electron chi connectivity index (χ1n) is 7.70. The lowest BCUT2D eigenvalue weighted by molar-refractivity contribution is 0.0391. The topological polar surface area (TPSA) is 47.1 Å². The summed E-state index contributed by atoms with van der Waals surface area (Å²) in [6, 6.07) is 2.24. The minimum atomic E-state index is 0.127. The highest BCUT2D eigenvalue weighted by Gasteiger charge is 2.37. The number of rotatable bonds is 3. The van der Waals surface area contributed by atoms with E-state index in [-0.39, 0.29) is 6.04 Å². The van der Waals surface area contributed by atoms with Crippen LogP contribution < -0.4 is 5.73 Å². The van der Waals surface area contributed by atoms with Crippen LogP contribution in [0.2, 0.25) is 0 Å². The van der Waals surface area contributed by atoms with Gasteiger partial charge >= 0.3 is 0 Å². The van der Waals surface area contributed by atoms with Gasteiger partial charge in [-0.1, -0.05) is 13.3 Å². The van der Waals surface area contributed by atoms with E-state index in [1.165, 1.54) is 37.8 Å². The molecule has 2 aliphatic heterocycles. The minimum Gasteiger partial charge on any atom is -0.330 e. The average Bonchev–Trinajstić information content (AvgIpc) is 2.86. The molecular formula is C15H26N4. The van der Waals surface area contributed by atoms with E-state index in [2.05, 4.69) is 28.4 Å². The number of nitrogens with two attached hydrogens (primary N) is 1. The van der Waals surface area contributed by atoms with Crippen molar-refractivity contribution in [1.82, 2.24) is 14.5 Å². The molecule has 1 aromatic rings. The van der Waals surface area contributed by atoms with Crippen molar-refractivity contribution < 1.29 is 0 Å². The predicted molar refractivity (Wildman–Crippen MR) is 76.9 cm³/mol. The summed E-state index contributed by atoms with van der Waals surface area (Å²) < 4.78 is 2.37. The maximum atomic E-state index is 6.22. The number of aromatic nitrogens is 2. The van der Waals surface area contributed by atoms with Crippen LogP contribution in [0.15, 0.2) is 12.5 Å². The normalized spacial score (nSPS) is 33.3. The van der Waals surface area contributed by atoms with E-state index in [1.807, 2.05) is 12.5 Å². The zero-order chi connectivity index (χ0) is 13.4. The highest BCUT2D eigenvalue weighted by Crippen LogP contribution is 2.39. The molecule has 2 unspecified atom stereocenters. The van der Waals surface area contributed by atoms with E-state index in [0.717, 1.165) is 18.5 Å². The van der Waals surface area contributed by atoms with Crippen molar-refractivity contribution in [1.29, 1.82) is 0 Å². The van der Waals surface area contributed by atoms with E-state index < -0.39 is 0 Å². The molecule has 4 heteroatoms. The molecule has 0 radical (unpaired) electrons.